The molecule has 118 valence electrons. The maximum absolute atomic E-state index is 12.5. The Morgan fingerprint density at radius 1 is 1.29 bits per heavy atom. The predicted molar refractivity (Wildman–Crippen MR) is 84.4 cm³/mol. The number of benzene rings is 1. The van der Waals surface area contributed by atoms with Gasteiger partial charge in [0.25, 0.3) is 0 Å². The van der Waals surface area contributed by atoms with Gasteiger partial charge in [-0.1, -0.05) is 25.1 Å². The van der Waals surface area contributed by atoms with E-state index in [0.29, 0.717) is 17.0 Å². The molecule has 0 amide bonds. The lowest BCUT2D eigenvalue weighted by Gasteiger charge is -2.37. The third-order valence-corrected chi connectivity index (χ3v) is 5.87. The maximum atomic E-state index is 12.5. The molecule has 1 aromatic carbocycles. The summed E-state index contributed by atoms with van der Waals surface area (Å²) >= 11 is 0. The Balaban J connectivity index is 2.08. The average Bonchev–Trinajstić information content (AvgIpc) is 2.49. The SMILES string of the molecule is CN1CCC(C)(CNS(=O)(=O)c2ccccc2CN)CC1. The van der Waals surface area contributed by atoms with Crippen molar-refractivity contribution in [1.82, 2.24) is 9.62 Å². The smallest absolute Gasteiger partial charge is 0.240 e. The van der Waals surface area contributed by atoms with Crippen LogP contribution in [0.15, 0.2) is 29.2 Å². The van der Waals surface area contributed by atoms with Crippen LogP contribution in [0, 0.1) is 5.41 Å². The van der Waals surface area contributed by atoms with Gasteiger partial charge < -0.3 is 10.6 Å². The van der Waals surface area contributed by atoms with Crippen molar-refractivity contribution >= 4 is 10.0 Å². The summed E-state index contributed by atoms with van der Waals surface area (Å²) in [6, 6.07) is 6.90. The third kappa shape index (κ3) is 4.03. The Bertz CT molecular complexity index is 578. The summed E-state index contributed by atoms with van der Waals surface area (Å²) in [5, 5.41) is 0. The molecule has 1 aliphatic rings. The molecule has 0 spiro atoms. The second-order valence-corrected chi connectivity index (χ2v) is 7.99. The van der Waals surface area contributed by atoms with E-state index in [1.54, 1.807) is 24.3 Å². The Labute approximate surface area is 127 Å². The molecule has 1 fully saturated rings. The molecular weight excluding hydrogens is 286 g/mol. The molecule has 5 nitrogen and oxygen atoms in total. The fraction of sp³-hybridized carbons (Fsp3) is 0.600. The maximum Gasteiger partial charge on any atom is 0.240 e. The monoisotopic (exact) mass is 311 g/mol. The summed E-state index contributed by atoms with van der Waals surface area (Å²) < 4.78 is 27.7. The molecule has 1 aliphatic heterocycles. The first-order valence-electron chi connectivity index (χ1n) is 7.32. The van der Waals surface area contributed by atoms with Crippen molar-refractivity contribution in [3.63, 3.8) is 0 Å². The number of nitrogens with two attached hydrogens (primary N) is 1. The van der Waals surface area contributed by atoms with Crippen molar-refractivity contribution in [2.45, 2.75) is 31.2 Å². The number of rotatable bonds is 5. The summed E-state index contributed by atoms with van der Waals surface area (Å²) in [6.45, 7) is 4.87. The molecule has 1 aromatic rings. The third-order valence-electron chi connectivity index (χ3n) is 4.37. The normalized spacial score (nSPS) is 19.6. The summed E-state index contributed by atoms with van der Waals surface area (Å²) in [7, 11) is -1.40. The van der Waals surface area contributed by atoms with Crippen LogP contribution >= 0.6 is 0 Å². The number of sulfonamides is 1. The lowest BCUT2D eigenvalue weighted by Crippen LogP contribution is -2.43. The second-order valence-electron chi connectivity index (χ2n) is 6.25. The van der Waals surface area contributed by atoms with Crippen LogP contribution in [0.25, 0.3) is 0 Å². The van der Waals surface area contributed by atoms with Gasteiger partial charge in [-0.15, -0.1) is 0 Å². The Kier molecular flexibility index (Phi) is 5.03. The van der Waals surface area contributed by atoms with E-state index >= 15 is 0 Å². The van der Waals surface area contributed by atoms with Crippen molar-refractivity contribution in [3.8, 4) is 0 Å². The fourth-order valence-corrected chi connectivity index (χ4v) is 4.07. The van der Waals surface area contributed by atoms with Crippen molar-refractivity contribution in [2.24, 2.45) is 11.1 Å². The van der Waals surface area contributed by atoms with Gasteiger partial charge in [-0.3, -0.25) is 0 Å². The molecule has 0 aromatic heterocycles. The Morgan fingerprint density at radius 3 is 2.52 bits per heavy atom. The molecule has 0 bridgehead atoms. The quantitative estimate of drug-likeness (QED) is 0.855. The van der Waals surface area contributed by atoms with E-state index in [-0.39, 0.29) is 12.0 Å². The minimum Gasteiger partial charge on any atom is -0.326 e. The lowest BCUT2D eigenvalue weighted by atomic mass is 9.81. The summed E-state index contributed by atoms with van der Waals surface area (Å²) in [4.78, 5) is 2.57. The Morgan fingerprint density at radius 2 is 1.90 bits per heavy atom. The van der Waals surface area contributed by atoms with Gasteiger partial charge >= 0.3 is 0 Å². The van der Waals surface area contributed by atoms with Crippen LogP contribution in [-0.4, -0.2) is 40.0 Å². The minimum absolute atomic E-state index is 0.0250. The highest BCUT2D eigenvalue weighted by Crippen LogP contribution is 2.30. The van der Waals surface area contributed by atoms with Gasteiger partial charge in [-0.2, -0.15) is 0 Å². The van der Waals surface area contributed by atoms with Gasteiger partial charge in [0.05, 0.1) is 4.90 Å². The van der Waals surface area contributed by atoms with Crippen molar-refractivity contribution in [2.75, 3.05) is 26.7 Å². The fourth-order valence-electron chi connectivity index (χ4n) is 2.62. The van der Waals surface area contributed by atoms with Crippen LogP contribution in [0.5, 0.6) is 0 Å². The van der Waals surface area contributed by atoms with Gasteiger partial charge in [0.15, 0.2) is 0 Å². The zero-order valence-corrected chi connectivity index (χ0v) is 13.6. The van der Waals surface area contributed by atoms with E-state index in [4.69, 9.17) is 5.73 Å². The van der Waals surface area contributed by atoms with Crippen molar-refractivity contribution in [1.29, 1.82) is 0 Å². The van der Waals surface area contributed by atoms with Gasteiger partial charge in [-0.05, 0) is 50.0 Å². The standard InChI is InChI=1S/C15H25N3O2S/c1-15(7-9-18(2)10-8-15)12-17-21(19,20)14-6-4-3-5-13(14)11-16/h3-6,17H,7-12,16H2,1-2H3. The van der Waals surface area contributed by atoms with Gasteiger partial charge in [0, 0.05) is 13.1 Å². The molecule has 1 saturated heterocycles. The summed E-state index contributed by atoms with van der Waals surface area (Å²) in [5.74, 6) is 0. The molecule has 0 atom stereocenters. The molecule has 0 radical (unpaired) electrons. The highest BCUT2D eigenvalue weighted by Gasteiger charge is 2.30. The zero-order valence-electron chi connectivity index (χ0n) is 12.8. The zero-order chi connectivity index (χ0) is 15.5. The topological polar surface area (TPSA) is 75.4 Å². The number of piperidine rings is 1. The van der Waals surface area contributed by atoms with E-state index in [0.717, 1.165) is 25.9 Å². The number of hydrogen-bond donors (Lipinski definition) is 2. The predicted octanol–water partition coefficient (Wildman–Crippen LogP) is 1.16. The first kappa shape index (κ1) is 16.4. The molecule has 1 heterocycles. The molecular formula is C15H25N3O2S. The second kappa shape index (κ2) is 6.44. The molecule has 0 aliphatic carbocycles. The largest absolute Gasteiger partial charge is 0.326 e. The van der Waals surface area contributed by atoms with Crippen LogP contribution in [0.4, 0.5) is 0 Å². The van der Waals surface area contributed by atoms with Crippen LogP contribution in [0.1, 0.15) is 25.3 Å². The van der Waals surface area contributed by atoms with E-state index in [9.17, 15) is 8.42 Å². The molecule has 3 N–H and O–H groups in total. The minimum atomic E-state index is -3.50. The number of nitrogens with zero attached hydrogens (tertiary/aromatic N) is 1. The highest BCUT2D eigenvalue weighted by molar-refractivity contribution is 7.89. The van der Waals surface area contributed by atoms with Gasteiger partial charge in [0.2, 0.25) is 10.0 Å². The highest BCUT2D eigenvalue weighted by atomic mass is 32.2. The summed E-state index contributed by atoms with van der Waals surface area (Å²) in [5.41, 5.74) is 6.31. The summed E-state index contributed by atoms with van der Waals surface area (Å²) in [6.07, 6.45) is 2.01. The Hall–Kier alpha value is -0.950. The molecule has 21 heavy (non-hydrogen) atoms. The number of nitrogens with one attached hydrogen (secondary N) is 1. The van der Waals surface area contributed by atoms with E-state index in [1.807, 2.05) is 0 Å². The van der Waals surface area contributed by atoms with Gasteiger partial charge in [-0.25, -0.2) is 13.1 Å². The van der Waals surface area contributed by atoms with E-state index in [2.05, 4.69) is 23.6 Å². The van der Waals surface area contributed by atoms with Crippen LogP contribution in [-0.2, 0) is 16.6 Å². The lowest BCUT2D eigenvalue weighted by molar-refractivity contribution is 0.143. The average molecular weight is 311 g/mol. The van der Waals surface area contributed by atoms with Crippen molar-refractivity contribution < 1.29 is 8.42 Å². The van der Waals surface area contributed by atoms with E-state index < -0.39 is 10.0 Å². The van der Waals surface area contributed by atoms with Crippen LogP contribution in [0.2, 0.25) is 0 Å². The first-order valence-corrected chi connectivity index (χ1v) is 8.81. The first-order chi connectivity index (χ1) is 9.86. The van der Waals surface area contributed by atoms with Crippen LogP contribution in [0.3, 0.4) is 0 Å². The molecule has 2 rings (SSSR count). The molecule has 0 unspecified atom stereocenters. The number of hydrogen-bond acceptors (Lipinski definition) is 4. The molecule has 6 heteroatoms. The van der Waals surface area contributed by atoms with Crippen LogP contribution < -0.4 is 10.5 Å². The number of likely N-dealkylation sites (tertiary alicyclic amines) is 1. The molecule has 0 saturated carbocycles. The van der Waals surface area contributed by atoms with Gasteiger partial charge in [0.1, 0.15) is 0 Å². The van der Waals surface area contributed by atoms with Crippen molar-refractivity contribution in [3.05, 3.63) is 29.8 Å². The van der Waals surface area contributed by atoms with E-state index in [1.165, 1.54) is 0 Å².